The van der Waals surface area contributed by atoms with E-state index in [2.05, 4.69) is 32.1 Å². The van der Waals surface area contributed by atoms with E-state index in [-0.39, 0.29) is 11.2 Å². The fourth-order valence-electron chi connectivity index (χ4n) is 2.73. The average Bonchev–Trinajstić information content (AvgIpc) is 2.66. The fraction of sp³-hybridized carbons (Fsp3) is 0.385. The number of hydrogen-bond donors (Lipinski definition) is 0. The number of ether oxygens (including phenoxy) is 2. The summed E-state index contributed by atoms with van der Waals surface area (Å²) in [6.07, 6.45) is 4.26. The Hall–Kier alpha value is -1.28. The van der Waals surface area contributed by atoms with Crippen LogP contribution in [0.5, 0.6) is 5.75 Å². The highest BCUT2D eigenvalue weighted by Gasteiger charge is 2.52. The monoisotopic (exact) mass is 202 g/mol. The van der Waals surface area contributed by atoms with Gasteiger partial charge in [0.05, 0.1) is 7.11 Å². The SMILES string of the molecule is COc1cccc2c1C1(C)C=CC2(C)O1. The molecule has 2 aliphatic rings. The van der Waals surface area contributed by atoms with Crippen molar-refractivity contribution in [3.8, 4) is 5.75 Å². The van der Waals surface area contributed by atoms with E-state index >= 15 is 0 Å². The number of hydrogen-bond acceptors (Lipinski definition) is 2. The highest BCUT2D eigenvalue weighted by molar-refractivity contribution is 5.56. The van der Waals surface area contributed by atoms with Gasteiger partial charge in [-0.1, -0.05) is 12.1 Å². The molecule has 1 aromatic rings. The van der Waals surface area contributed by atoms with Crippen molar-refractivity contribution in [2.45, 2.75) is 25.0 Å². The molecule has 2 unspecified atom stereocenters. The molecule has 2 heterocycles. The molecule has 2 heteroatoms. The Balaban J connectivity index is 2.33. The van der Waals surface area contributed by atoms with Crippen molar-refractivity contribution < 1.29 is 9.47 Å². The second-order valence-electron chi connectivity index (χ2n) is 4.53. The van der Waals surface area contributed by atoms with Gasteiger partial charge in [-0.2, -0.15) is 0 Å². The molecule has 78 valence electrons. The summed E-state index contributed by atoms with van der Waals surface area (Å²) in [7, 11) is 1.71. The maximum absolute atomic E-state index is 6.07. The van der Waals surface area contributed by atoms with E-state index in [9.17, 15) is 0 Å². The highest BCUT2D eigenvalue weighted by atomic mass is 16.5. The summed E-state index contributed by atoms with van der Waals surface area (Å²) in [5.41, 5.74) is 1.83. The van der Waals surface area contributed by atoms with Gasteiger partial charge in [-0.25, -0.2) is 0 Å². The third-order valence-corrected chi connectivity index (χ3v) is 3.42. The molecule has 0 radical (unpaired) electrons. The Bertz CT molecular complexity index is 464. The lowest BCUT2D eigenvalue weighted by Gasteiger charge is -2.20. The second-order valence-corrected chi connectivity index (χ2v) is 4.53. The normalized spacial score (nSPS) is 35.7. The van der Waals surface area contributed by atoms with Gasteiger partial charge in [-0.05, 0) is 37.6 Å². The van der Waals surface area contributed by atoms with Crippen LogP contribution in [0.15, 0.2) is 30.4 Å². The summed E-state index contributed by atoms with van der Waals surface area (Å²) in [6, 6.07) is 6.13. The lowest BCUT2D eigenvalue weighted by molar-refractivity contribution is -0.0500. The molecule has 0 aliphatic carbocycles. The van der Waals surface area contributed by atoms with E-state index in [1.54, 1.807) is 7.11 Å². The molecule has 2 atom stereocenters. The van der Waals surface area contributed by atoms with Crippen molar-refractivity contribution in [2.75, 3.05) is 7.11 Å². The van der Waals surface area contributed by atoms with Crippen molar-refractivity contribution in [3.05, 3.63) is 41.5 Å². The van der Waals surface area contributed by atoms with Crippen molar-refractivity contribution in [1.29, 1.82) is 0 Å². The van der Waals surface area contributed by atoms with Crippen LogP contribution in [0.2, 0.25) is 0 Å². The molecule has 15 heavy (non-hydrogen) atoms. The quantitative estimate of drug-likeness (QED) is 0.652. The lowest BCUT2D eigenvalue weighted by atomic mass is 9.83. The Morgan fingerprint density at radius 2 is 1.87 bits per heavy atom. The van der Waals surface area contributed by atoms with E-state index in [0.29, 0.717) is 0 Å². The minimum atomic E-state index is -0.309. The molecule has 1 aromatic carbocycles. The Kier molecular flexibility index (Phi) is 1.47. The molecule has 0 spiro atoms. The zero-order valence-electron chi connectivity index (χ0n) is 9.20. The molecule has 0 saturated carbocycles. The van der Waals surface area contributed by atoms with Gasteiger partial charge in [0.2, 0.25) is 0 Å². The Labute approximate surface area is 89.5 Å². The van der Waals surface area contributed by atoms with Crippen molar-refractivity contribution >= 4 is 0 Å². The standard InChI is InChI=1S/C13H14O2/c1-12-7-8-13(2,15-12)11-9(12)5-4-6-10(11)14-3/h4-8H,1-3H3. The fourth-order valence-corrected chi connectivity index (χ4v) is 2.73. The number of benzene rings is 1. The Morgan fingerprint density at radius 1 is 1.13 bits per heavy atom. The van der Waals surface area contributed by atoms with Gasteiger partial charge >= 0.3 is 0 Å². The van der Waals surface area contributed by atoms with Crippen LogP contribution in [-0.4, -0.2) is 7.11 Å². The van der Waals surface area contributed by atoms with Gasteiger partial charge in [-0.3, -0.25) is 0 Å². The van der Waals surface area contributed by atoms with E-state index in [4.69, 9.17) is 9.47 Å². The van der Waals surface area contributed by atoms with Crippen molar-refractivity contribution in [2.24, 2.45) is 0 Å². The zero-order chi connectivity index (χ0) is 10.7. The van der Waals surface area contributed by atoms with Gasteiger partial charge in [0.15, 0.2) is 0 Å². The lowest BCUT2D eigenvalue weighted by Crippen LogP contribution is -2.17. The molecule has 0 fully saturated rings. The summed E-state index contributed by atoms with van der Waals surface area (Å²) < 4.78 is 11.5. The van der Waals surface area contributed by atoms with Crippen LogP contribution in [-0.2, 0) is 15.9 Å². The van der Waals surface area contributed by atoms with Crippen molar-refractivity contribution in [3.63, 3.8) is 0 Å². The molecule has 0 N–H and O–H groups in total. The third-order valence-electron chi connectivity index (χ3n) is 3.42. The number of rotatable bonds is 1. The summed E-state index contributed by atoms with van der Waals surface area (Å²) in [5.74, 6) is 0.920. The minimum absolute atomic E-state index is 0.265. The third kappa shape index (κ3) is 0.927. The molecule has 2 nitrogen and oxygen atoms in total. The summed E-state index contributed by atoms with van der Waals surface area (Å²) in [4.78, 5) is 0. The van der Waals surface area contributed by atoms with Crippen LogP contribution in [0.25, 0.3) is 0 Å². The van der Waals surface area contributed by atoms with Crippen LogP contribution in [0.4, 0.5) is 0 Å². The van der Waals surface area contributed by atoms with Crippen molar-refractivity contribution in [1.82, 2.24) is 0 Å². The number of fused-ring (bicyclic) bond motifs is 5. The van der Waals surface area contributed by atoms with Gasteiger partial charge in [0, 0.05) is 5.56 Å². The summed E-state index contributed by atoms with van der Waals surface area (Å²) in [5, 5.41) is 0. The first-order valence-corrected chi connectivity index (χ1v) is 5.18. The first-order valence-electron chi connectivity index (χ1n) is 5.18. The zero-order valence-corrected chi connectivity index (χ0v) is 9.20. The largest absolute Gasteiger partial charge is 0.496 e. The minimum Gasteiger partial charge on any atom is -0.496 e. The molecule has 2 bridgehead atoms. The topological polar surface area (TPSA) is 18.5 Å². The number of methoxy groups -OCH3 is 1. The average molecular weight is 202 g/mol. The second kappa shape index (κ2) is 2.45. The van der Waals surface area contributed by atoms with Crippen LogP contribution >= 0.6 is 0 Å². The predicted molar refractivity (Wildman–Crippen MR) is 57.9 cm³/mol. The van der Waals surface area contributed by atoms with Crippen LogP contribution in [0, 0.1) is 0 Å². The van der Waals surface area contributed by atoms with E-state index in [1.807, 2.05) is 12.1 Å². The van der Waals surface area contributed by atoms with Gasteiger partial charge in [0.25, 0.3) is 0 Å². The summed E-state index contributed by atoms with van der Waals surface area (Å²) >= 11 is 0. The molecule has 3 rings (SSSR count). The summed E-state index contributed by atoms with van der Waals surface area (Å²) in [6.45, 7) is 4.18. The van der Waals surface area contributed by atoms with Crippen LogP contribution < -0.4 is 4.74 Å². The Morgan fingerprint density at radius 3 is 2.60 bits per heavy atom. The van der Waals surface area contributed by atoms with E-state index in [1.165, 1.54) is 11.1 Å². The molecule has 0 aromatic heterocycles. The first kappa shape index (κ1) is 8.98. The van der Waals surface area contributed by atoms with Crippen LogP contribution in [0.1, 0.15) is 25.0 Å². The highest BCUT2D eigenvalue weighted by Crippen LogP contribution is 2.56. The predicted octanol–water partition coefficient (Wildman–Crippen LogP) is 2.73. The smallest absolute Gasteiger partial charge is 0.125 e. The van der Waals surface area contributed by atoms with E-state index < -0.39 is 0 Å². The van der Waals surface area contributed by atoms with Crippen LogP contribution in [0.3, 0.4) is 0 Å². The maximum atomic E-state index is 6.07. The molecule has 0 saturated heterocycles. The van der Waals surface area contributed by atoms with Gasteiger partial charge in [-0.15, -0.1) is 0 Å². The maximum Gasteiger partial charge on any atom is 0.125 e. The van der Waals surface area contributed by atoms with E-state index in [0.717, 1.165) is 5.75 Å². The molecular formula is C13H14O2. The first-order chi connectivity index (χ1) is 7.09. The molecule has 2 aliphatic heterocycles. The molecular weight excluding hydrogens is 188 g/mol. The van der Waals surface area contributed by atoms with Gasteiger partial charge in [0.1, 0.15) is 17.0 Å². The van der Waals surface area contributed by atoms with Gasteiger partial charge < -0.3 is 9.47 Å². The molecule has 0 amide bonds.